The maximum Gasteiger partial charge on any atom is 0.296 e. The molecule has 1 aromatic carbocycles. The topological polar surface area (TPSA) is 80.2 Å². The molecule has 6 heteroatoms. The zero-order valence-electron chi connectivity index (χ0n) is 9.95. The molecule has 1 aliphatic heterocycles. The van der Waals surface area contributed by atoms with E-state index in [4.69, 9.17) is 4.74 Å². The van der Waals surface area contributed by atoms with E-state index < -0.39 is 0 Å². The predicted molar refractivity (Wildman–Crippen MR) is 66.9 cm³/mol. The van der Waals surface area contributed by atoms with Crippen LogP contribution in [0.15, 0.2) is 12.1 Å². The average Bonchev–Trinajstić information content (AvgIpc) is 2.75. The van der Waals surface area contributed by atoms with Crippen molar-refractivity contribution in [1.29, 1.82) is 0 Å². The van der Waals surface area contributed by atoms with Gasteiger partial charge in [-0.1, -0.05) is 0 Å². The lowest BCUT2D eigenvalue weighted by atomic mass is 10.1. The molecule has 6 nitrogen and oxygen atoms in total. The third kappa shape index (κ3) is 1.53. The number of H-pyrrole nitrogens is 1. The molecule has 0 saturated heterocycles. The molecule has 1 aromatic heterocycles. The van der Waals surface area contributed by atoms with E-state index in [9.17, 15) is 10.1 Å². The van der Waals surface area contributed by atoms with Gasteiger partial charge < -0.3 is 15.0 Å². The molecule has 94 valence electrons. The van der Waals surface area contributed by atoms with Crippen molar-refractivity contribution in [3.8, 4) is 5.75 Å². The van der Waals surface area contributed by atoms with E-state index in [-0.39, 0.29) is 10.6 Å². The normalized spacial score (nSPS) is 14.5. The van der Waals surface area contributed by atoms with Gasteiger partial charge in [-0.15, -0.1) is 0 Å². The molecular formula is C12H13N3O3. The summed E-state index contributed by atoms with van der Waals surface area (Å²) in [4.78, 5) is 13.9. The van der Waals surface area contributed by atoms with Crippen LogP contribution in [0.2, 0.25) is 0 Å². The molecule has 18 heavy (non-hydrogen) atoms. The molecule has 0 radical (unpaired) electrons. The molecule has 0 unspecified atom stereocenters. The number of non-ortho nitro benzene ring substituents is 1. The summed E-state index contributed by atoms with van der Waals surface area (Å²) in [7, 11) is 1.52. The summed E-state index contributed by atoms with van der Waals surface area (Å²) in [6, 6.07) is 3.31. The van der Waals surface area contributed by atoms with Gasteiger partial charge in [-0.25, -0.2) is 0 Å². The van der Waals surface area contributed by atoms with Gasteiger partial charge in [0.05, 0.1) is 18.1 Å². The summed E-state index contributed by atoms with van der Waals surface area (Å²) in [5, 5.41) is 15.3. The lowest BCUT2D eigenvalue weighted by molar-refractivity contribution is -0.383. The minimum atomic E-state index is -0.375. The Hall–Kier alpha value is -2.08. The molecule has 3 rings (SSSR count). The fraction of sp³-hybridized carbons (Fsp3) is 0.333. The van der Waals surface area contributed by atoms with Crippen LogP contribution in [0, 0.1) is 10.1 Å². The van der Waals surface area contributed by atoms with Crippen LogP contribution in [0.5, 0.6) is 5.75 Å². The van der Waals surface area contributed by atoms with Crippen LogP contribution in [-0.4, -0.2) is 23.6 Å². The quantitative estimate of drug-likeness (QED) is 0.625. The van der Waals surface area contributed by atoms with Gasteiger partial charge in [0, 0.05) is 30.6 Å². The largest absolute Gasteiger partial charge is 0.496 e. The number of nitro groups is 1. The number of methoxy groups -OCH3 is 1. The zero-order valence-corrected chi connectivity index (χ0v) is 9.95. The van der Waals surface area contributed by atoms with Crippen molar-refractivity contribution in [3.63, 3.8) is 0 Å². The van der Waals surface area contributed by atoms with Gasteiger partial charge in [-0.3, -0.25) is 10.1 Å². The fourth-order valence-corrected chi connectivity index (χ4v) is 2.46. The van der Waals surface area contributed by atoms with Crippen LogP contribution in [0.4, 0.5) is 5.69 Å². The molecule has 2 heterocycles. The predicted octanol–water partition coefficient (Wildman–Crippen LogP) is 1.73. The Bertz CT molecular complexity index is 633. The van der Waals surface area contributed by atoms with E-state index >= 15 is 0 Å². The van der Waals surface area contributed by atoms with Crippen molar-refractivity contribution < 1.29 is 9.66 Å². The summed E-state index contributed by atoms with van der Waals surface area (Å²) >= 11 is 0. The number of nitrogens with zero attached hydrogens (tertiary/aromatic N) is 1. The Morgan fingerprint density at radius 2 is 2.28 bits per heavy atom. The molecule has 2 N–H and O–H groups in total. The number of aromatic amines is 1. The molecule has 2 aromatic rings. The third-order valence-corrected chi connectivity index (χ3v) is 3.34. The van der Waals surface area contributed by atoms with Gasteiger partial charge in [0.15, 0.2) is 0 Å². The lowest BCUT2D eigenvalue weighted by Crippen LogP contribution is -2.22. The van der Waals surface area contributed by atoms with Crippen molar-refractivity contribution in [2.45, 2.75) is 13.0 Å². The number of hydrogen-bond donors (Lipinski definition) is 2. The van der Waals surface area contributed by atoms with E-state index in [1.165, 1.54) is 13.2 Å². The van der Waals surface area contributed by atoms with Gasteiger partial charge in [0.2, 0.25) is 0 Å². The first kappa shape index (κ1) is 11.0. The van der Waals surface area contributed by atoms with Gasteiger partial charge in [-0.05, 0) is 11.6 Å². The molecule has 1 aliphatic rings. The summed E-state index contributed by atoms with van der Waals surface area (Å²) in [6.45, 7) is 1.63. The van der Waals surface area contributed by atoms with Gasteiger partial charge in [0.25, 0.3) is 5.69 Å². The highest BCUT2D eigenvalue weighted by Gasteiger charge is 2.22. The standard InChI is InChI=1S/C12H13N3O3/c1-18-7-4-8-9-6-13-3-2-10(9)14-12(8)11(5-7)15(16)17/h4-5,13-14H,2-3,6H2,1H3. The maximum absolute atomic E-state index is 11.1. The van der Waals surface area contributed by atoms with E-state index in [2.05, 4.69) is 10.3 Å². The first-order valence-corrected chi connectivity index (χ1v) is 5.77. The Morgan fingerprint density at radius 1 is 1.44 bits per heavy atom. The van der Waals surface area contributed by atoms with E-state index in [1.54, 1.807) is 0 Å². The zero-order chi connectivity index (χ0) is 12.7. The van der Waals surface area contributed by atoms with Crippen LogP contribution < -0.4 is 10.1 Å². The second-order valence-corrected chi connectivity index (χ2v) is 4.34. The first-order valence-electron chi connectivity index (χ1n) is 5.77. The molecule has 0 bridgehead atoms. The SMILES string of the molecule is COc1cc([N+](=O)[O-])c2[nH]c3c(c2c1)CNCC3. The highest BCUT2D eigenvalue weighted by atomic mass is 16.6. The van der Waals surface area contributed by atoms with E-state index in [0.29, 0.717) is 11.3 Å². The van der Waals surface area contributed by atoms with Crippen molar-refractivity contribution in [1.82, 2.24) is 10.3 Å². The molecule has 0 spiro atoms. The van der Waals surface area contributed by atoms with Crippen molar-refractivity contribution in [2.24, 2.45) is 0 Å². The smallest absolute Gasteiger partial charge is 0.296 e. The van der Waals surface area contributed by atoms with Gasteiger partial charge >= 0.3 is 0 Å². The number of ether oxygens (including phenoxy) is 1. The van der Waals surface area contributed by atoms with Crippen molar-refractivity contribution in [3.05, 3.63) is 33.5 Å². The highest BCUT2D eigenvalue weighted by molar-refractivity contribution is 5.93. The average molecular weight is 247 g/mol. The molecule has 0 fully saturated rings. The van der Waals surface area contributed by atoms with E-state index in [1.807, 2.05) is 6.07 Å². The Kier molecular flexibility index (Phi) is 2.45. The van der Waals surface area contributed by atoms with Crippen LogP contribution in [0.25, 0.3) is 10.9 Å². The monoisotopic (exact) mass is 247 g/mol. The van der Waals surface area contributed by atoms with Crippen molar-refractivity contribution in [2.75, 3.05) is 13.7 Å². The van der Waals surface area contributed by atoms with Crippen LogP contribution in [-0.2, 0) is 13.0 Å². The maximum atomic E-state index is 11.1. The summed E-state index contributed by atoms with van der Waals surface area (Å²) in [6.07, 6.45) is 0.865. The van der Waals surface area contributed by atoms with Crippen LogP contribution in [0.3, 0.4) is 0 Å². The number of hydrogen-bond acceptors (Lipinski definition) is 4. The lowest BCUT2D eigenvalue weighted by Gasteiger charge is -2.12. The Morgan fingerprint density at radius 3 is 3.00 bits per heavy atom. The number of nitrogens with one attached hydrogen (secondary N) is 2. The number of benzene rings is 1. The summed E-state index contributed by atoms with van der Waals surface area (Å²) in [5.41, 5.74) is 2.85. The molecule has 0 saturated carbocycles. The number of rotatable bonds is 2. The minimum absolute atomic E-state index is 0.0683. The Balaban J connectivity index is 2.33. The Labute approximate surface area is 103 Å². The molecular weight excluding hydrogens is 234 g/mol. The second kappa shape index (κ2) is 3.99. The summed E-state index contributed by atoms with van der Waals surface area (Å²) in [5.74, 6) is 0.515. The third-order valence-electron chi connectivity index (χ3n) is 3.34. The van der Waals surface area contributed by atoms with Gasteiger partial charge in [0.1, 0.15) is 11.3 Å². The highest BCUT2D eigenvalue weighted by Crippen LogP contribution is 2.35. The molecule has 0 amide bonds. The van der Waals surface area contributed by atoms with Crippen LogP contribution >= 0.6 is 0 Å². The number of aromatic nitrogens is 1. The van der Waals surface area contributed by atoms with E-state index in [0.717, 1.165) is 36.2 Å². The molecule has 0 atom stereocenters. The first-order chi connectivity index (χ1) is 8.70. The second-order valence-electron chi connectivity index (χ2n) is 4.34. The van der Waals surface area contributed by atoms with Gasteiger partial charge in [-0.2, -0.15) is 0 Å². The van der Waals surface area contributed by atoms with Crippen LogP contribution in [0.1, 0.15) is 11.3 Å². The fourth-order valence-electron chi connectivity index (χ4n) is 2.46. The summed E-state index contributed by atoms with van der Waals surface area (Å²) < 4.78 is 5.13. The number of nitro benzene ring substituents is 1. The van der Waals surface area contributed by atoms with Crippen molar-refractivity contribution >= 4 is 16.6 Å². The minimum Gasteiger partial charge on any atom is -0.496 e. The molecule has 0 aliphatic carbocycles. The number of fused-ring (bicyclic) bond motifs is 3.